The van der Waals surface area contributed by atoms with Gasteiger partial charge in [-0.15, -0.1) is 0 Å². The molecule has 4 nitrogen and oxygen atoms in total. The minimum absolute atomic E-state index is 0.638. The Balaban J connectivity index is 2.01. The summed E-state index contributed by atoms with van der Waals surface area (Å²) in [5, 5.41) is 0. The van der Waals surface area contributed by atoms with Crippen LogP contribution in [-0.2, 0) is 13.5 Å². The normalized spacial score (nSPS) is 15.9. The Hall–Kier alpha value is -2.62. The minimum atomic E-state index is -2.26. The first-order chi connectivity index (χ1) is 11.1. The molecule has 1 aliphatic heterocycles. The predicted molar refractivity (Wildman–Crippen MR) is 76.4 cm³/mol. The SMILES string of the molecule is [2H]C([2H])([2H])n1c2[n+](c3c1cc1ccccn13)Cc1cccnc1-2. The van der Waals surface area contributed by atoms with Gasteiger partial charge in [0.2, 0.25) is 0 Å². The van der Waals surface area contributed by atoms with Gasteiger partial charge in [0, 0.05) is 17.8 Å². The van der Waals surface area contributed by atoms with Crippen LogP contribution in [0.1, 0.15) is 9.68 Å². The number of pyridine rings is 2. The third-order valence-corrected chi connectivity index (χ3v) is 4.03. The second-order valence-electron chi connectivity index (χ2n) is 5.10. The summed E-state index contributed by atoms with van der Waals surface area (Å²) in [4.78, 5) is 4.43. The third kappa shape index (κ3) is 1.04. The van der Waals surface area contributed by atoms with Crippen LogP contribution in [0.2, 0.25) is 0 Å². The molecule has 5 rings (SSSR count). The number of hydrogen-bond donors (Lipinski definition) is 0. The smallest absolute Gasteiger partial charge is 0.255 e. The molecule has 0 bridgehead atoms. The lowest BCUT2D eigenvalue weighted by Crippen LogP contribution is -2.32. The third-order valence-electron chi connectivity index (χ3n) is 4.03. The lowest BCUT2D eigenvalue weighted by atomic mass is 10.2. The molecule has 0 aromatic carbocycles. The van der Waals surface area contributed by atoms with Crippen molar-refractivity contribution >= 4 is 16.7 Å². The van der Waals surface area contributed by atoms with E-state index in [1.54, 1.807) is 6.20 Å². The maximum absolute atomic E-state index is 8.00. The molecule has 0 unspecified atom stereocenters. The average Bonchev–Trinajstić information content (AvgIpc) is 3.12. The van der Waals surface area contributed by atoms with Gasteiger partial charge >= 0.3 is 0 Å². The Bertz CT molecular complexity index is 1090. The van der Waals surface area contributed by atoms with Crippen molar-refractivity contribution in [2.75, 3.05) is 0 Å². The molecule has 4 aromatic heterocycles. The van der Waals surface area contributed by atoms with Crippen LogP contribution in [0.5, 0.6) is 0 Å². The van der Waals surface area contributed by atoms with Crippen LogP contribution in [0.3, 0.4) is 0 Å². The lowest BCUT2D eigenvalue weighted by Gasteiger charge is -1.95. The number of aryl methyl sites for hydroxylation is 1. The van der Waals surface area contributed by atoms with E-state index in [1.165, 1.54) is 4.57 Å². The predicted octanol–water partition coefficient (Wildman–Crippen LogP) is 2.14. The minimum Gasteiger partial charge on any atom is -0.255 e. The van der Waals surface area contributed by atoms with Crippen molar-refractivity contribution in [2.45, 2.75) is 6.54 Å². The average molecular weight is 264 g/mol. The van der Waals surface area contributed by atoms with Crippen LogP contribution in [-0.4, -0.2) is 14.0 Å². The standard InChI is InChI=1S/C16H13N4/c1-18-13-9-12-6-2-3-8-19(12)15(13)20-10-11-5-4-7-17-14(11)16(18)20/h2-9H,10H2,1H3/q+1/i1D3. The molecular formula is C16H13N4+. The van der Waals surface area contributed by atoms with E-state index < -0.39 is 6.98 Å². The van der Waals surface area contributed by atoms with Crippen molar-refractivity contribution < 1.29 is 8.68 Å². The van der Waals surface area contributed by atoms with Gasteiger partial charge in [0.15, 0.2) is 5.52 Å². The fraction of sp³-hybridized carbons (Fsp3) is 0.125. The molecule has 4 heteroatoms. The van der Waals surface area contributed by atoms with Gasteiger partial charge in [-0.1, -0.05) is 12.1 Å². The molecule has 0 N–H and O–H groups in total. The number of hydrogen-bond acceptors (Lipinski definition) is 1. The van der Waals surface area contributed by atoms with E-state index >= 15 is 0 Å². The summed E-state index contributed by atoms with van der Waals surface area (Å²) in [7, 11) is 0. The highest BCUT2D eigenvalue weighted by Crippen LogP contribution is 2.30. The summed E-state index contributed by atoms with van der Waals surface area (Å²) >= 11 is 0. The summed E-state index contributed by atoms with van der Waals surface area (Å²) in [5.41, 5.74) is 4.39. The first-order valence-electron chi connectivity index (χ1n) is 8.05. The Labute approximate surface area is 119 Å². The fourth-order valence-corrected chi connectivity index (χ4v) is 3.18. The highest BCUT2D eigenvalue weighted by Gasteiger charge is 2.33. The molecule has 0 amide bonds. The van der Waals surface area contributed by atoms with Gasteiger partial charge in [-0.3, -0.25) is 4.57 Å². The van der Waals surface area contributed by atoms with Crippen LogP contribution in [0.4, 0.5) is 0 Å². The van der Waals surface area contributed by atoms with Gasteiger partial charge < -0.3 is 0 Å². The topological polar surface area (TPSA) is 26.1 Å². The highest BCUT2D eigenvalue weighted by molar-refractivity contribution is 5.82. The maximum atomic E-state index is 8.00. The van der Waals surface area contributed by atoms with E-state index in [0.29, 0.717) is 17.9 Å². The second-order valence-corrected chi connectivity index (χ2v) is 5.10. The summed E-state index contributed by atoms with van der Waals surface area (Å²) in [6, 6.07) is 11.7. The van der Waals surface area contributed by atoms with Crippen molar-refractivity contribution in [3.63, 3.8) is 0 Å². The molecule has 0 radical (unpaired) electrons. The van der Waals surface area contributed by atoms with Gasteiger partial charge in [-0.2, -0.15) is 0 Å². The Morgan fingerprint density at radius 1 is 1.30 bits per heavy atom. The Morgan fingerprint density at radius 2 is 2.30 bits per heavy atom. The van der Waals surface area contributed by atoms with Gasteiger partial charge in [0.05, 0.1) is 23.8 Å². The summed E-state index contributed by atoms with van der Waals surface area (Å²) in [6.45, 7) is -1.62. The zero-order valence-corrected chi connectivity index (χ0v) is 10.6. The van der Waals surface area contributed by atoms with Crippen LogP contribution < -0.4 is 4.57 Å². The molecule has 4 aromatic rings. The molecule has 96 valence electrons. The molecule has 20 heavy (non-hydrogen) atoms. The Morgan fingerprint density at radius 3 is 3.25 bits per heavy atom. The van der Waals surface area contributed by atoms with Crippen molar-refractivity contribution in [1.29, 1.82) is 0 Å². The van der Waals surface area contributed by atoms with Crippen LogP contribution >= 0.6 is 0 Å². The van der Waals surface area contributed by atoms with E-state index in [1.807, 2.05) is 51.6 Å². The van der Waals surface area contributed by atoms with Crippen molar-refractivity contribution in [2.24, 2.45) is 6.98 Å². The molecule has 1 aliphatic rings. The number of aromatic nitrogens is 4. The first kappa shape index (κ1) is 7.85. The molecule has 5 heterocycles. The Kier molecular flexibility index (Phi) is 1.29. The molecule has 0 saturated heterocycles. The van der Waals surface area contributed by atoms with E-state index in [0.717, 1.165) is 22.4 Å². The number of fused-ring (bicyclic) bond motifs is 7. The summed E-state index contributed by atoms with van der Waals surface area (Å²) in [6.07, 6.45) is 3.67. The van der Waals surface area contributed by atoms with Crippen molar-refractivity contribution in [3.05, 3.63) is 54.4 Å². The van der Waals surface area contributed by atoms with E-state index in [-0.39, 0.29) is 0 Å². The van der Waals surface area contributed by atoms with Crippen LogP contribution in [0, 0.1) is 0 Å². The number of nitrogens with zero attached hydrogens (tertiary/aromatic N) is 4. The van der Waals surface area contributed by atoms with E-state index in [9.17, 15) is 0 Å². The summed E-state index contributed by atoms with van der Waals surface area (Å²) in [5.74, 6) is 0.656. The second kappa shape index (κ2) is 3.28. The molecule has 0 aliphatic carbocycles. The monoisotopic (exact) mass is 264 g/mol. The van der Waals surface area contributed by atoms with Gasteiger partial charge in [-0.05, 0) is 18.2 Å². The molecule has 0 atom stereocenters. The molecule has 0 spiro atoms. The van der Waals surface area contributed by atoms with E-state index in [2.05, 4.69) is 4.98 Å². The number of rotatable bonds is 0. The number of imidazole rings is 1. The van der Waals surface area contributed by atoms with Crippen molar-refractivity contribution in [3.8, 4) is 11.5 Å². The van der Waals surface area contributed by atoms with Crippen LogP contribution in [0.25, 0.3) is 28.2 Å². The van der Waals surface area contributed by atoms with Crippen molar-refractivity contribution in [1.82, 2.24) is 14.0 Å². The zero-order chi connectivity index (χ0) is 15.8. The fourth-order valence-electron chi connectivity index (χ4n) is 3.18. The zero-order valence-electron chi connectivity index (χ0n) is 13.6. The van der Waals surface area contributed by atoms with Gasteiger partial charge in [-0.25, -0.2) is 14.0 Å². The molecule has 0 saturated carbocycles. The molecule has 0 fully saturated rings. The highest BCUT2D eigenvalue weighted by atomic mass is 15.2. The maximum Gasteiger partial charge on any atom is 0.273 e. The lowest BCUT2D eigenvalue weighted by molar-refractivity contribution is -0.648. The van der Waals surface area contributed by atoms with Crippen LogP contribution in [0.15, 0.2) is 48.8 Å². The van der Waals surface area contributed by atoms with Gasteiger partial charge in [0.1, 0.15) is 11.2 Å². The largest absolute Gasteiger partial charge is 0.273 e. The van der Waals surface area contributed by atoms with E-state index in [4.69, 9.17) is 4.11 Å². The summed E-state index contributed by atoms with van der Waals surface area (Å²) < 4.78 is 29.5. The molecular weight excluding hydrogens is 248 g/mol. The first-order valence-corrected chi connectivity index (χ1v) is 6.55. The van der Waals surface area contributed by atoms with Gasteiger partial charge in [0.25, 0.3) is 11.5 Å². The quantitative estimate of drug-likeness (QED) is 0.394.